The molecule has 1 aliphatic carbocycles. The van der Waals surface area contributed by atoms with Gasteiger partial charge in [-0.2, -0.15) is 0 Å². The van der Waals surface area contributed by atoms with Crippen LogP contribution in [0.1, 0.15) is 60.5 Å². The second-order valence-electron chi connectivity index (χ2n) is 7.04. The lowest BCUT2D eigenvalue weighted by Gasteiger charge is -2.18. The maximum atomic E-state index is 12.7. The largest absolute Gasteiger partial charge is 0.309 e. The summed E-state index contributed by atoms with van der Waals surface area (Å²) in [5.74, 6) is 0.734. The quantitative estimate of drug-likeness (QED) is 0.675. The summed E-state index contributed by atoms with van der Waals surface area (Å²) in [6.45, 7) is 2.77. The average Bonchev–Trinajstić information content (AvgIpc) is 3.04. The fourth-order valence-electron chi connectivity index (χ4n) is 3.87. The van der Waals surface area contributed by atoms with Gasteiger partial charge in [-0.25, -0.2) is 4.98 Å². The maximum absolute atomic E-state index is 12.7. The van der Waals surface area contributed by atoms with E-state index in [1.807, 2.05) is 6.07 Å². The second kappa shape index (κ2) is 7.72. The van der Waals surface area contributed by atoms with Crippen LogP contribution in [0.25, 0.3) is 10.2 Å². The topological polar surface area (TPSA) is 57.8 Å². The second-order valence-corrected chi connectivity index (χ2v) is 8.12. The summed E-state index contributed by atoms with van der Waals surface area (Å²) in [5, 5.41) is 4.41. The van der Waals surface area contributed by atoms with E-state index in [9.17, 15) is 4.79 Å². The average molecular weight is 368 g/mol. The van der Waals surface area contributed by atoms with Crippen molar-refractivity contribution in [1.82, 2.24) is 15.3 Å². The number of benzene rings is 1. The number of nitrogens with zero attached hydrogens (tertiary/aromatic N) is 1. The molecule has 0 fully saturated rings. The molecule has 5 heteroatoms. The zero-order chi connectivity index (χ0) is 17.9. The van der Waals surface area contributed by atoms with Crippen molar-refractivity contribution in [3.05, 3.63) is 62.5 Å². The lowest BCUT2D eigenvalue weighted by atomic mass is 9.97. The molecule has 0 saturated heterocycles. The van der Waals surface area contributed by atoms with E-state index in [2.05, 4.69) is 41.5 Å². The number of thiophene rings is 1. The van der Waals surface area contributed by atoms with Crippen molar-refractivity contribution in [3.63, 3.8) is 0 Å². The number of fused-ring (bicyclic) bond motifs is 3. The van der Waals surface area contributed by atoms with Crippen LogP contribution >= 0.6 is 11.3 Å². The van der Waals surface area contributed by atoms with E-state index in [1.54, 1.807) is 11.3 Å². The van der Waals surface area contributed by atoms with Crippen LogP contribution in [0, 0.1) is 0 Å². The van der Waals surface area contributed by atoms with E-state index in [4.69, 9.17) is 4.98 Å². The van der Waals surface area contributed by atoms with Crippen molar-refractivity contribution < 1.29 is 0 Å². The Labute approximate surface area is 157 Å². The molecule has 0 spiro atoms. The smallest absolute Gasteiger partial charge is 0.259 e. The Morgan fingerprint density at radius 3 is 2.85 bits per heavy atom. The van der Waals surface area contributed by atoms with Gasteiger partial charge in [-0.05, 0) is 43.2 Å². The number of aromatic nitrogens is 2. The minimum absolute atomic E-state index is 0.0259. The Morgan fingerprint density at radius 2 is 2.04 bits per heavy atom. The normalized spacial score (nSPS) is 15.1. The highest BCUT2D eigenvalue weighted by atomic mass is 32.1. The Balaban J connectivity index is 1.58. The summed E-state index contributed by atoms with van der Waals surface area (Å²) in [6, 6.07) is 10.8. The van der Waals surface area contributed by atoms with Gasteiger partial charge < -0.3 is 10.3 Å². The fraction of sp³-hybridized carbons (Fsp3) is 0.429. The number of aryl methyl sites for hydroxylation is 2. The highest BCUT2D eigenvalue weighted by molar-refractivity contribution is 7.18. The van der Waals surface area contributed by atoms with Crippen molar-refractivity contribution in [3.8, 4) is 0 Å². The molecule has 4 nitrogen and oxygen atoms in total. The van der Waals surface area contributed by atoms with E-state index < -0.39 is 0 Å². The number of hydrogen-bond donors (Lipinski definition) is 2. The van der Waals surface area contributed by atoms with Crippen molar-refractivity contribution in [2.24, 2.45) is 0 Å². The standard InChI is InChI=1S/C21H25N3OS/c1-2-8-16(14-9-4-3-5-10-14)22-13-18-23-20(25)19-15-11-6-7-12-17(15)26-21(19)24-18/h3-5,9-10,16,22H,2,6-8,11-13H2,1H3,(H,23,24,25)/t16-/m0/s1. The number of aromatic amines is 1. The third-order valence-corrected chi connectivity index (χ3v) is 6.35. The molecular formula is C21H25N3OS. The molecule has 2 aromatic heterocycles. The predicted octanol–water partition coefficient (Wildman–Crippen LogP) is 4.49. The molecule has 2 N–H and O–H groups in total. The molecule has 3 aromatic rings. The van der Waals surface area contributed by atoms with E-state index in [0.29, 0.717) is 6.54 Å². The lowest BCUT2D eigenvalue weighted by molar-refractivity contribution is 0.485. The molecule has 0 aliphatic heterocycles. The molecular weight excluding hydrogens is 342 g/mol. The van der Waals surface area contributed by atoms with Gasteiger partial charge in [-0.3, -0.25) is 4.79 Å². The van der Waals surface area contributed by atoms with E-state index in [1.165, 1.54) is 28.8 Å². The van der Waals surface area contributed by atoms with Gasteiger partial charge in [0.05, 0.1) is 11.9 Å². The molecule has 1 atom stereocenters. The number of rotatable bonds is 6. The van der Waals surface area contributed by atoms with Crippen molar-refractivity contribution in [1.29, 1.82) is 0 Å². The van der Waals surface area contributed by atoms with Crippen LogP contribution in [-0.4, -0.2) is 9.97 Å². The number of hydrogen-bond acceptors (Lipinski definition) is 4. The number of nitrogens with one attached hydrogen (secondary N) is 2. The number of H-pyrrole nitrogens is 1. The molecule has 0 bridgehead atoms. The summed E-state index contributed by atoms with van der Waals surface area (Å²) in [6.07, 6.45) is 6.68. The van der Waals surface area contributed by atoms with Gasteiger partial charge in [0, 0.05) is 10.9 Å². The summed E-state index contributed by atoms with van der Waals surface area (Å²) in [5.41, 5.74) is 2.56. The maximum Gasteiger partial charge on any atom is 0.259 e. The molecule has 0 saturated carbocycles. The van der Waals surface area contributed by atoms with Gasteiger partial charge >= 0.3 is 0 Å². The summed E-state index contributed by atoms with van der Waals surface area (Å²) in [4.78, 5) is 22.7. The summed E-state index contributed by atoms with van der Waals surface area (Å²) >= 11 is 1.71. The van der Waals surface area contributed by atoms with Crippen LogP contribution < -0.4 is 10.9 Å². The van der Waals surface area contributed by atoms with E-state index in [-0.39, 0.29) is 11.6 Å². The molecule has 0 radical (unpaired) electrons. The van der Waals surface area contributed by atoms with Crippen LogP contribution in [0.5, 0.6) is 0 Å². The van der Waals surface area contributed by atoms with Crippen LogP contribution in [0.3, 0.4) is 0 Å². The minimum atomic E-state index is 0.0259. The van der Waals surface area contributed by atoms with Gasteiger partial charge in [-0.15, -0.1) is 11.3 Å². The first kappa shape index (κ1) is 17.4. The van der Waals surface area contributed by atoms with Crippen LogP contribution in [0.2, 0.25) is 0 Å². The van der Waals surface area contributed by atoms with Crippen LogP contribution in [0.4, 0.5) is 0 Å². The minimum Gasteiger partial charge on any atom is -0.309 e. The first-order chi connectivity index (χ1) is 12.8. The Kier molecular flexibility index (Phi) is 5.18. The molecule has 1 aliphatic rings. The molecule has 2 heterocycles. The first-order valence-electron chi connectivity index (χ1n) is 9.58. The SMILES string of the molecule is CCC[C@H](NCc1nc2sc3c(c2c(=O)[nH]1)CCCC3)c1ccccc1. The lowest BCUT2D eigenvalue weighted by Crippen LogP contribution is -2.24. The van der Waals surface area contributed by atoms with Crippen molar-refractivity contribution in [2.45, 2.75) is 58.0 Å². The highest BCUT2D eigenvalue weighted by Crippen LogP contribution is 2.33. The third kappa shape index (κ3) is 3.46. The van der Waals surface area contributed by atoms with Gasteiger partial charge in [0.1, 0.15) is 10.7 Å². The zero-order valence-electron chi connectivity index (χ0n) is 15.2. The summed E-state index contributed by atoms with van der Waals surface area (Å²) < 4.78 is 0. The van der Waals surface area contributed by atoms with E-state index >= 15 is 0 Å². The molecule has 26 heavy (non-hydrogen) atoms. The van der Waals surface area contributed by atoms with Gasteiger partial charge in [0.2, 0.25) is 0 Å². The molecule has 4 rings (SSSR count). The fourth-order valence-corrected chi connectivity index (χ4v) is 5.15. The monoisotopic (exact) mass is 367 g/mol. The predicted molar refractivity (Wildman–Crippen MR) is 108 cm³/mol. The van der Waals surface area contributed by atoms with Crippen LogP contribution in [0.15, 0.2) is 35.1 Å². The first-order valence-corrected chi connectivity index (χ1v) is 10.4. The highest BCUT2D eigenvalue weighted by Gasteiger charge is 2.20. The third-order valence-electron chi connectivity index (χ3n) is 5.17. The zero-order valence-corrected chi connectivity index (χ0v) is 16.0. The molecule has 0 unspecified atom stereocenters. The van der Waals surface area contributed by atoms with Crippen LogP contribution in [-0.2, 0) is 19.4 Å². The van der Waals surface area contributed by atoms with Gasteiger partial charge in [0.15, 0.2) is 0 Å². The van der Waals surface area contributed by atoms with Gasteiger partial charge in [0.25, 0.3) is 5.56 Å². The molecule has 0 amide bonds. The summed E-state index contributed by atoms with van der Waals surface area (Å²) in [7, 11) is 0. The Morgan fingerprint density at radius 1 is 1.23 bits per heavy atom. The Bertz CT molecular complexity index is 945. The molecule has 136 valence electrons. The van der Waals surface area contributed by atoms with Crippen molar-refractivity contribution in [2.75, 3.05) is 0 Å². The van der Waals surface area contributed by atoms with E-state index in [0.717, 1.165) is 41.7 Å². The van der Waals surface area contributed by atoms with Gasteiger partial charge in [-0.1, -0.05) is 43.7 Å². The molecule has 1 aromatic carbocycles. The van der Waals surface area contributed by atoms with Crippen molar-refractivity contribution >= 4 is 21.6 Å². The Hall–Kier alpha value is -1.98.